The largest absolute Gasteiger partial charge is 0.756 e. The molecule has 1 N–H and O–H groups in total. The SMILES string of the molecule is CC/C=C\C/C=C\C/C=C\C/C=C\C/C=C\C/C=C\CCCCCCC(=O)NC(COP(=O)([O-])OCC[N+](C)(C)C)C(/C=C/CCCCCCCCCCCCC)OC(=O)CCCCCCCCCCCCCC/C=C\C/C=C\C/C=C\CCCCC. The summed E-state index contributed by atoms with van der Waals surface area (Å²) in [5.41, 5.74) is 0. The van der Waals surface area contributed by atoms with Crippen LogP contribution in [0.25, 0.3) is 0 Å². The van der Waals surface area contributed by atoms with Gasteiger partial charge in [-0.15, -0.1) is 0 Å². The average Bonchev–Trinajstić information content (AvgIpc) is 3.69. The van der Waals surface area contributed by atoms with Gasteiger partial charge in [0.05, 0.1) is 33.8 Å². The molecule has 0 fully saturated rings. The molecule has 87 heavy (non-hydrogen) atoms. The second-order valence-electron chi connectivity index (χ2n) is 25.0. The van der Waals surface area contributed by atoms with Crippen molar-refractivity contribution in [1.29, 1.82) is 0 Å². The number of carbonyl (C=O) groups is 2. The Morgan fingerprint density at radius 2 is 0.736 bits per heavy atom. The van der Waals surface area contributed by atoms with Crippen LogP contribution in [-0.2, 0) is 27.9 Å². The Labute approximate surface area is 537 Å². The number of hydrogen-bond donors (Lipinski definition) is 1. The van der Waals surface area contributed by atoms with E-state index in [1.54, 1.807) is 0 Å². The molecule has 0 aliphatic rings. The van der Waals surface area contributed by atoms with Crippen molar-refractivity contribution >= 4 is 19.7 Å². The zero-order valence-corrected chi connectivity index (χ0v) is 58.1. The number of nitrogens with one attached hydrogen (secondary N) is 1. The quantitative estimate of drug-likeness (QED) is 0.0212. The summed E-state index contributed by atoms with van der Waals surface area (Å²) in [6.07, 6.45) is 91.7. The standard InChI is InChI=1S/C77H135N2O7P/c1-7-10-13-16-19-22-25-28-30-32-34-36-38-39-41-43-45-47-49-52-55-58-61-64-67-70-77(81)86-75(68-65-62-59-56-53-50-27-24-21-18-15-12-9-3)74(73-85-87(82,83)84-72-71-79(4,5)6)78-76(80)69-66-63-60-57-54-51-48-46-44-42-40-37-35-33-31-29-26-23-20-17-14-11-8-2/h11,14,19-20,22-23,28-31,34-37,42,44,48,51,65,68,74-75H,7-10,12-13,15-18,21,24-27,32-33,38-41,43,45-47,49-50,52-64,66-67,69-73H2,1-6H3,(H-,78,80,82,83)/b14-11-,22-19-,23-20-,30-28-,31-29-,36-34-,37-35-,44-42-,51-48-,68-65+. The van der Waals surface area contributed by atoms with Crippen LogP contribution >= 0.6 is 7.82 Å². The number of esters is 1. The number of nitrogens with zero attached hydrogens (tertiary/aromatic N) is 1. The molecule has 0 heterocycles. The van der Waals surface area contributed by atoms with E-state index in [1.165, 1.54) is 141 Å². The fraction of sp³-hybridized carbons (Fsp3) is 0.714. The Kier molecular flexibility index (Phi) is 62.7. The van der Waals surface area contributed by atoms with Gasteiger partial charge in [-0.3, -0.25) is 14.2 Å². The molecule has 1 amide bonds. The second kappa shape index (κ2) is 65.4. The zero-order chi connectivity index (χ0) is 63.5. The van der Waals surface area contributed by atoms with Gasteiger partial charge in [-0.05, 0) is 122 Å². The third-order valence-corrected chi connectivity index (χ3v) is 16.3. The molecule has 0 saturated heterocycles. The molecule has 0 aromatic carbocycles. The molecule has 3 atom stereocenters. The van der Waals surface area contributed by atoms with E-state index in [0.717, 1.165) is 122 Å². The maximum Gasteiger partial charge on any atom is 0.306 e. The molecule has 0 aliphatic heterocycles. The van der Waals surface area contributed by atoms with E-state index >= 15 is 0 Å². The summed E-state index contributed by atoms with van der Waals surface area (Å²) in [7, 11) is 1.15. The highest BCUT2D eigenvalue weighted by atomic mass is 31.2. The molecule has 3 unspecified atom stereocenters. The van der Waals surface area contributed by atoms with Crippen LogP contribution in [-0.4, -0.2) is 69.4 Å². The minimum absolute atomic E-state index is 0.0335. The summed E-state index contributed by atoms with van der Waals surface area (Å²) in [5.74, 6) is -0.572. The Morgan fingerprint density at radius 1 is 0.414 bits per heavy atom. The van der Waals surface area contributed by atoms with Crippen LogP contribution in [0.5, 0.6) is 0 Å². The fourth-order valence-electron chi connectivity index (χ4n) is 9.89. The monoisotopic (exact) mass is 1230 g/mol. The number of phosphoric ester groups is 1. The number of unbranched alkanes of at least 4 members (excludes halogenated alkanes) is 30. The molecular weight excluding hydrogens is 1100 g/mol. The maximum absolute atomic E-state index is 13.6. The lowest BCUT2D eigenvalue weighted by Crippen LogP contribution is -2.47. The Morgan fingerprint density at radius 3 is 1.13 bits per heavy atom. The summed E-state index contributed by atoms with van der Waals surface area (Å²) in [6.45, 7) is 6.69. The minimum Gasteiger partial charge on any atom is -0.756 e. The van der Waals surface area contributed by atoms with Gasteiger partial charge in [-0.2, -0.15) is 0 Å². The maximum atomic E-state index is 13.6. The van der Waals surface area contributed by atoms with Gasteiger partial charge >= 0.3 is 5.97 Å². The van der Waals surface area contributed by atoms with E-state index in [-0.39, 0.29) is 31.3 Å². The van der Waals surface area contributed by atoms with Crippen molar-refractivity contribution in [2.45, 2.75) is 315 Å². The summed E-state index contributed by atoms with van der Waals surface area (Å²) >= 11 is 0. The lowest BCUT2D eigenvalue weighted by molar-refractivity contribution is -0.870. The topological polar surface area (TPSA) is 114 Å². The Balaban J connectivity index is 5.17. The van der Waals surface area contributed by atoms with Gasteiger partial charge < -0.3 is 28.5 Å². The first-order chi connectivity index (χ1) is 42.4. The van der Waals surface area contributed by atoms with Crippen LogP contribution in [0.4, 0.5) is 0 Å². The molecule has 0 radical (unpaired) electrons. The summed E-state index contributed by atoms with van der Waals surface area (Å²) in [6, 6.07) is -0.912. The summed E-state index contributed by atoms with van der Waals surface area (Å²) in [4.78, 5) is 40.2. The van der Waals surface area contributed by atoms with Crippen molar-refractivity contribution in [3.8, 4) is 0 Å². The zero-order valence-electron chi connectivity index (χ0n) is 57.2. The molecule has 0 rings (SSSR count). The highest BCUT2D eigenvalue weighted by molar-refractivity contribution is 7.45. The molecule has 9 nitrogen and oxygen atoms in total. The summed E-state index contributed by atoms with van der Waals surface area (Å²) in [5, 5.41) is 3.03. The first kappa shape index (κ1) is 83.4. The van der Waals surface area contributed by atoms with Crippen LogP contribution in [0, 0.1) is 0 Å². The molecule has 0 spiro atoms. The van der Waals surface area contributed by atoms with Crippen molar-refractivity contribution in [3.63, 3.8) is 0 Å². The first-order valence-electron chi connectivity index (χ1n) is 35.8. The number of ether oxygens (including phenoxy) is 1. The van der Waals surface area contributed by atoms with Gasteiger partial charge in [-0.1, -0.05) is 290 Å². The third-order valence-electron chi connectivity index (χ3n) is 15.4. The molecule has 10 heteroatoms. The van der Waals surface area contributed by atoms with E-state index in [2.05, 4.69) is 135 Å². The predicted molar refractivity (Wildman–Crippen MR) is 376 cm³/mol. The molecule has 500 valence electrons. The first-order valence-corrected chi connectivity index (χ1v) is 37.3. The lowest BCUT2D eigenvalue weighted by atomic mass is 10.0. The number of likely N-dealkylation sites (N-methyl/N-ethyl adjacent to an activating group) is 1. The molecule has 0 aromatic heterocycles. The number of amides is 1. The van der Waals surface area contributed by atoms with Gasteiger partial charge in [0.25, 0.3) is 7.82 Å². The molecule has 0 aliphatic carbocycles. The number of carbonyl (C=O) groups excluding carboxylic acids is 2. The smallest absolute Gasteiger partial charge is 0.306 e. The highest BCUT2D eigenvalue weighted by Gasteiger charge is 2.27. The Bertz CT molecular complexity index is 1900. The average molecular weight is 1230 g/mol. The molecular formula is C77H135N2O7P. The van der Waals surface area contributed by atoms with Crippen LogP contribution in [0.2, 0.25) is 0 Å². The van der Waals surface area contributed by atoms with Gasteiger partial charge in [0, 0.05) is 12.8 Å². The second-order valence-corrected chi connectivity index (χ2v) is 26.4. The normalized spacial score (nSPS) is 14.2. The van der Waals surface area contributed by atoms with Crippen LogP contribution in [0.1, 0.15) is 303 Å². The Hall–Kier alpha value is -3.59. The van der Waals surface area contributed by atoms with E-state index in [9.17, 15) is 19.0 Å². The van der Waals surface area contributed by atoms with Crippen molar-refractivity contribution in [1.82, 2.24) is 5.32 Å². The molecule has 0 aromatic rings. The summed E-state index contributed by atoms with van der Waals surface area (Å²) < 4.78 is 30.5. The highest BCUT2D eigenvalue weighted by Crippen LogP contribution is 2.38. The number of hydrogen-bond acceptors (Lipinski definition) is 7. The van der Waals surface area contributed by atoms with Crippen LogP contribution < -0.4 is 10.2 Å². The molecule has 0 saturated carbocycles. The molecule has 0 bridgehead atoms. The van der Waals surface area contributed by atoms with Crippen molar-refractivity contribution in [2.75, 3.05) is 40.9 Å². The van der Waals surface area contributed by atoms with Gasteiger partial charge in [0.1, 0.15) is 19.3 Å². The van der Waals surface area contributed by atoms with E-state index in [1.807, 2.05) is 33.3 Å². The predicted octanol–water partition coefficient (Wildman–Crippen LogP) is 22.4. The van der Waals surface area contributed by atoms with Crippen molar-refractivity contribution in [3.05, 3.63) is 122 Å². The van der Waals surface area contributed by atoms with Gasteiger partial charge in [-0.25, -0.2) is 0 Å². The number of allylic oxidation sites excluding steroid dienone is 19. The van der Waals surface area contributed by atoms with E-state index in [0.29, 0.717) is 17.4 Å². The van der Waals surface area contributed by atoms with Gasteiger partial charge in [0.15, 0.2) is 0 Å². The van der Waals surface area contributed by atoms with Gasteiger partial charge in [0.2, 0.25) is 5.91 Å². The lowest BCUT2D eigenvalue weighted by Gasteiger charge is -2.30. The van der Waals surface area contributed by atoms with Crippen LogP contribution in [0.3, 0.4) is 0 Å². The van der Waals surface area contributed by atoms with Crippen molar-refractivity contribution in [2.24, 2.45) is 0 Å². The number of phosphoric acid groups is 1. The van der Waals surface area contributed by atoms with E-state index < -0.39 is 26.6 Å². The number of rotatable bonds is 64. The van der Waals surface area contributed by atoms with Crippen molar-refractivity contribution < 1.29 is 37.3 Å². The third kappa shape index (κ3) is 66.7. The number of quaternary nitrogens is 1. The van der Waals surface area contributed by atoms with E-state index in [4.69, 9.17) is 13.8 Å². The minimum atomic E-state index is -4.72. The fourth-order valence-corrected chi connectivity index (χ4v) is 10.6. The van der Waals surface area contributed by atoms with Crippen LogP contribution in [0.15, 0.2) is 122 Å².